The van der Waals surface area contributed by atoms with Crippen LogP contribution in [0.25, 0.3) is 10.4 Å². The number of hydrogen-bond acceptors (Lipinski definition) is 4. The predicted octanol–water partition coefficient (Wildman–Crippen LogP) is 3.83. The fourth-order valence-electron chi connectivity index (χ4n) is 3.87. The number of thiophene rings is 1. The molecule has 1 saturated heterocycles. The number of hydrogen-bond donors (Lipinski definition) is 1. The normalized spacial score (nSPS) is 18.0. The van der Waals surface area contributed by atoms with Gasteiger partial charge < -0.3 is 9.88 Å². The van der Waals surface area contributed by atoms with Crippen LogP contribution in [0, 0.1) is 5.92 Å². The fourth-order valence-corrected chi connectivity index (χ4v) is 4.61. The lowest BCUT2D eigenvalue weighted by atomic mass is 9.96. The average Bonchev–Trinajstić information content (AvgIpc) is 3.42. The van der Waals surface area contributed by atoms with Crippen LogP contribution in [-0.2, 0) is 17.8 Å². The molecule has 1 aromatic carbocycles. The van der Waals surface area contributed by atoms with Crippen LogP contribution >= 0.6 is 11.3 Å². The van der Waals surface area contributed by atoms with Crippen molar-refractivity contribution in [1.82, 2.24) is 19.8 Å². The Morgan fingerprint density at radius 2 is 2.10 bits per heavy atom. The topological polar surface area (TPSA) is 52.2 Å². The van der Waals surface area contributed by atoms with Crippen molar-refractivity contribution in [2.24, 2.45) is 5.92 Å². The van der Waals surface area contributed by atoms with Crippen molar-refractivity contribution in [3.05, 3.63) is 78.2 Å². The molecule has 5 nitrogen and oxygen atoms in total. The van der Waals surface area contributed by atoms with Gasteiger partial charge in [-0.2, -0.15) is 0 Å². The number of nitrogens with one attached hydrogen (secondary N) is 1. The van der Waals surface area contributed by atoms with Crippen LogP contribution in [0.4, 0.5) is 0 Å². The number of amides is 1. The molecule has 0 saturated carbocycles. The van der Waals surface area contributed by atoms with E-state index in [9.17, 15) is 4.79 Å². The van der Waals surface area contributed by atoms with Gasteiger partial charge in [0, 0.05) is 43.4 Å². The Balaban J connectivity index is 1.50. The van der Waals surface area contributed by atoms with E-state index in [0.29, 0.717) is 6.54 Å². The molecule has 1 N–H and O–H groups in total. The summed E-state index contributed by atoms with van der Waals surface area (Å²) in [7, 11) is 0. The first-order valence-electron chi connectivity index (χ1n) is 9.96. The Kier molecular flexibility index (Phi) is 6.22. The van der Waals surface area contributed by atoms with Gasteiger partial charge in [-0.25, -0.2) is 4.98 Å². The number of benzene rings is 1. The largest absolute Gasteiger partial charge is 0.348 e. The molecule has 3 heterocycles. The van der Waals surface area contributed by atoms with Gasteiger partial charge in [-0.3, -0.25) is 9.69 Å². The third kappa shape index (κ3) is 4.83. The predicted molar refractivity (Wildman–Crippen MR) is 118 cm³/mol. The van der Waals surface area contributed by atoms with E-state index in [2.05, 4.69) is 63.2 Å². The summed E-state index contributed by atoms with van der Waals surface area (Å²) >= 11 is 1.74. The van der Waals surface area contributed by atoms with Gasteiger partial charge in [-0.15, -0.1) is 17.9 Å². The highest BCUT2D eigenvalue weighted by Crippen LogP contribution is 2.26. The molecule has 1 atom stereocenters. The molecule has 1 amide bonds. The second-order valence-corrected chi connectivity index (χ2v) is 8.37. The van der Waals surface area contributed by atoms with Gasteiger partial charge in [-0.05, 0) is 29.0 Å². The number of imidazole rings is 1. The monoisotopic (exact) mass is 406 g/mol. The van der Waals surface area contributed by atoms with Crippen molar-refractivity contribution in [3.63, 3.8) is 0 Å². The lowest BCUT2D eigenvalue weighted by Crippen LogP contribution is -2.37. The van der Waals surface area contributed by atoms with E-state index in [-0.39, 0.29) is 11.8 Å². The molecule has 1 aliphatic rings. The van der Waals surface area contributed by atoms with Crippen LogP contribution < -0.4 is 0 Å². The number of rotatable bonds is 7. The average molecular weight is 407 g/mol. The summed E-state index contributed by atoms with van der Waals surface area (Å²) in [5, 5.41) is 2.09. The third-order valence-corrected chi connectivity index (χ3v) is 6.26. The van der Waals surface area contributed by atoms with Crippen molar-refractivity contribution < 1.29 is 4.79 Å². The number of H-pyrrole nitrogens is 1. The highest BCUT2D eigenvalue weighted by molar-refractivity contribution is 7.13. The number of aromatic amines is 1. The van der Waals surface area contributed by atoms with E-state index in [1.807, 2.05) is 17.2 Å². The molecule has 0 bridgehead atoms. The summed E-state index contributed by atoms with van der Waals surface area (Å²) in [6, 6.07) is 12.8. The Morgan fingerprint density at radius 3 is 2.79 bits per heavy atom. The summed E-state index contributed by atoms with van der Waals surface area (Å²) in [6.07, 6.45) is 6.17. The van der Waals surface area contributed by atoms with Crippen LogP contribution in [-0.4, -0.2) is 51.9 Å². The van der Waals surface area contributed by atoms with E-state index in [1.54, 1.807) is 17.5 Å². The van der Waals surface area contributed by atoms with Crippen LogP contribution in [0.5, 0.6) is 0 Å². The summed E-state index contributed by atoms with van der Waals surface area (Å²) < 4.78 is 0. The van der Waals surface area contributed by atoms with Crippen LogP contribution in [0.15, 0.2) is 66.8 Å². The molecule has 1 fully saturated rings. The summed E-state index contributed by atoms with van der Waals surface area (Å²) in [6.45, 7) is 7.45. The molecule has 0 spiro atoms. The first-order chi connectivity index (χ1) is 14.2. The second kappa shape index (κ2) is 9.20. The van der Waals surface area contributed by atoms with E-state index in [0.717, 1.165) is 38.4 Å². The Bertz CT molecular complexity index is 918. The SMILES string of the molecule is C=CCN1CCN(Cc2ncc[nH]2)C[C@H](Cc2ccc(-c3cccs3)cc2)C1=O. The fraction of sp³-hybridized carbons (Fsp3) is 0.304. The molecule has 2 aromatic heterocycles. The van der Waals surface area contributed by atoms with E-state index >= 15 is 0 Å². The van der Waals surface area contributed by atoms with Crippen molar-refractivity contribution in [2.75, 3.05) is 26.2 Å². The van der Waals surface area contributed by atoms with E-state index < -0.39 is 0 Å². The lowest BCUT2D eigenvalue weighted by Gasteiger charge is -2.23. The zero-order chi connectivity index (χ0) is 20.1. The van der Waals surface area contributed by atoms with Gasteiger partial charge in [-0.1, -0.05) is 36.4 Å². The van der Waals surface area contributed by atoms with Crippen molar-refractivity contribution in [2.45, 2.75) is 13.0 Å². The highest BCUT2D eigenvalue weighted by Gasteiger charge is 2.30. The van der Waals surface area contributed by atoms with Gasteiger partial charge >= 0.3 is 0 Å². The minimum Gasteiger partial charge on any atom is -0.348 e. The minimum absolute atomic E-state index is 0.0694. The number of aromatic nitrogens is 2. The Morgan fingerprint density at radius 1 is 1.24 bits per heavy atom. The van der Waals surface area contributed by atoms with Crippen molar-refractivity contribution in [1.29, 1.82) is 0 Å². The summed E-state index contributed by atoms with van der Waals surface area (Å²) in [4.78, 5) is 26.2. The molecule has 1 aliphatic heterocycles. The molecule has 4 rings (SSSR count). The van der Waals surface area contributed by atoms with Crippen molar-refractivity contribution >= 4 is 17.2 Å². The highest BCUT2D eigenvalue weighted by atomic mass is 32.1. The smallest absolute Gasteiger partial charge is 0.227 e. The molecule has 0 unspecified atom stereocenters. The summed E-state index contributed by atoms with van der Waals surface area (Å²) in [5.74, 6) is 1.09. The van der Waals surface area contributed by atoms with Crippen LogP contribution in [0.2, 0.25) is 0 Å². The number of carbonyl (C=O) groups is 1. The van der Waals surface area contributed by atoms with E-state index in [4.69, 9.17) is 0 Å². The second-order valence-electron chi connectivity index (χ2n) is 7.42. The molecular formula is C23H26N4OS. The van der Waals surface area contributed by atoms with Gasteiger partial charge in [0.05, 0.1) is 12.5 Å². The molecule has 29 heavy (non-hydrogen) atoms. The van der Waals surface area contributed by atoms with Gasteiger partial charge in [0.25, 0.3) is 0 Å². The quantitative estimate of drug-likeness (QED) is 0.607. The van der Waals surface area contributed by atoms with Crippen molar-refractivity contribution in [3.8, 4) is 10.4 Å². The maximum absolute atomic E-state index is 13.2. The number of carbonyl (C=O) groups excluding carboxylic acids is 1. The zero-order valence-electron chi connectivity index (χ0n) is 16.5. The lowest BCUT2D eigenvalue weighted by molar-refractivity contribution is -0.134. The first kappa shape index (κ1) is 19.6. The number of nitrogens with zero attached hydrogens (tertiary/aromatic N) is 3. The van der Waals surface area contributed by atoms with Crippen LogP contribution in [0.1, 0.15) is 11.4 Å². The zero-order valence-corrected chi connectivity index (χ0v) is 17.3. The molecule has 150 valence electrons. The molecular weight excluding hydrogens is 380 g/mol. The van der Waals surface area contributed by atoms with Gasteiger partial charge in [0.2, 0.25) is 5.91 Å². The van der Waals surface area contributed by atoms with E-state index in [1.165, 1.54) is 16.0 Å². The first-order valence-corrected chi connectivity index (χ1v) is 10.8. The minimum atomic E-state index is -0.0694. The maximum Gasteiger partial charge on any atom is 0.227 e. The summed E-state index contributed by atoms with van der Waals surface area (Å²) in [5.41, 5.74) is 2.42. The molecule has 3 aromatic rings. The molecule has 6 heteroatoms. The Hall–Kier alpha value is -2.70. The maximum atomic E-state index is 13.2. The third-order valence-electron chi connectivity index (χ3n) is 5.35. The van der Waals surface area contributed by atoms with Gasteiger partial charge in [0.1, 0.15) is 5.82 Å². The standard InChI is InChI=1S/C23H26N4OS/c1-2-11-27-13-12-26(17-22-24-9-10-25-22)16-20(23(27)28)15-18-5-7-19(8-6-18)21-4-3-14-29-21/h2-10,14,20H,1,11-13,15-17H2,(H,24,25)/t20-/m0/s1. The Labute approximate surface area is 175 Å². The van der Waals surface area contributed by atoms with Gasteiger partial charge in [0.15, 0.2) is 0 Å². The van der Waals surface area contributed by atoms with Crippen LogP contribution in [0.3, 0.4) is 0 Å². The molecule has 0 radical (unpaired) electrons. The molecule has 0 aliphatic carbocycles.